The van der Waals surface area contributed by atoms with Gasteiger partial charge in [0.05, 0.1) is 13.2 Å². The molecule has 0 radical (unpaired) electrons. The highest BCUT2D eigenvalue weighted by Gasteiger charge is 2.12. The van der Waals surface area contributed by atoms with Crippen molar-refractivity contribution in [3.8, 4) is 0 Å². The van der Waals surface area contributed by atoms with Crippen LogP contribution in [0.15, 0.2) is 18.2 Å². The molecule has 0 saturated heterocycles. The number of halogens is 2. The van der Waals surface area contributed by atoms with E-state index in [2.05, 4.69) is 0 Å². The predicted octanol–water partition coefficient (Wildman–Crippen LogP) is 2.74. The van der Waals surface area contributed by atoms with Crippen LogP contribution in [0.2, 0.25) is 0 Å². The minimum absolute atomic E-state index is 0.153. The normalized spacial score (nSPS) is 10.8. The highest BCUT2D eigenvalue weighted by molar-refractivity contribution is 5.71. The van der Waals surface area contributed by atoms with Crippen molar-refractivity contribution in [1.29, 1.82) is 0 Å². The molecule has 0 atom stereocenters. The lowest BCUT2D eigenvalue weighted by Crippen LogP contribution is -2.31. The third-order valence-electron chi connectivity index (χ3n) is 2.59. The number of esters is 1. The number of ether oxygens (including phenoxy) is 1. The smallest absolute Gasteiger partial charge is 0.320 e. The van der Waals surface area contributed by atoms with Gasteiger partial charge in [-0.25, -0.2) is 8.78 Å². The zero-order valence-electron chi connectivity index (χ0n) is 11.3. The molecule has 0 aliphatic rings. The quantitative estimate of drug-likeness (QED) is 0.714. The third kappa shape index (κ3) is 5.34. The Morgan fingerprint density at radius 1 is 1.26 bits per heavy atom. The summed E-state index contributed by atoms with van der Waals surface area (Å²) in [5.74, 6) is -2.04. The van der Waals surface area contributed by atoms with Crippen LogP contribution in [-0.4, -0.2) is 30.6 Å². The Bertz CT molecular complexity index is 424. The molecule has 0 amide bonds. The number of rotatable bonds is 7. The van der Waals surface area contributed by atoms with Gasteiger partial charge in [-0.3, -0.25) is 9.69 Å². The first-order chi connectivity index (χ1) is 9.06. The van der Waals surface area contributed by atoms with Crippen molar-refractivity contribution in [2.75, 3.05) is 19.7 Å². The van der Waals surface area contributed by atoms with Crippen molar-refractivity contribution in [2.45, 2.75) is 26.8 Å². The van der Waals surface area contributed by atoms with E-state index in [1.165, 1.54) is 6.07 Å². The van der Waals surface area contributed by atoms with Crippen molar-refractivity contribution in [2.24, 2.45) is 0 Å². The molecule has 1 aromatic carbocycles. The number of carbonyl (C=O) groups is 1. The second-order valence-electron chi connectivity index (χ2n) is 4.26. The summed E-state index contributed by atoms with van der Waals surface area (Å²) in [6, 6.07) is 3.77. The number of nitrogens with zero attached hydrogens (tertiary/aromatic N) is 1. The van der Waals surface area contributed by atoms with Gasteiger partial charge in [-0.1, -0.05) is 13.0 Å². The van der Waals surface area contributed by atoms with Crippen molar-refractivity contribution < 1.29 is 18.3 Å². The second kappa shape index (κ2) is 7.84. The van der Waals surface area contributed by atoms with Crippen molar-refractivity contribution in [3.63, 3.8) is 0 Å². The van der Waals surface area contributed by atoms with Gasteiger partial charge in [0.1, 0.15) is 0 Å². The van der Waals surface area contributed by atoms with Crippen LogP contribution in [0.25, 0.3) is 0 Å². The molecule has 0 aliphatic heterocycles. The monoisotopic (exact) mass is 271 g/mol. The van der Waals surface area contributed by atoms with E-state index in [0.29, 0.717) is 25.3 Å². The lowest BCUT2D eigenvalue weighted by molar-refractivity contribution is -0.144. The molecule has 5 heteroatoms. The molecule has 0 fully saturated rings. The maximum atomic E-state index is 13.1. The highest BCUT2D eigenvalue weighted by atomic mass is 19.2. The topological polar surface area (TPSA) is 29.5 Å². The van der Waals surface area contributed by atoms with E-state index < -0.39 is 11.6 Å². The van der Waals surface area contributed by atoms with Crippen LogP contribution >= 0.6 is 0 Å². The fraction of sp³-hybridized carbons (Fsp3) is 0.500. The van der Waals surface area contributed by atoms with Crippen molar-refractivity contribution in [3.05, 3.63) is 35.4 Å². The van der Waals surface area contributed by atoms with E-state index in [4.69, 9.17) is 4.74 Å². The first kappa shape index (κ1) is 15.6. The summed E-state index contributed by atoms with van der Waals surface area (Å²) in [4.78, 5) is 13.3. The van der Waals surface area contributed by atoms with Crippen LogP contribution in [-0.2, 0) is 16.1 Å². The summed E-state index contributed by atoms with van der Waals surface area (Å²) in [6.45, 7) is 5.31. The van der Waals surface area contributed by atoms with Crippen molar-refractivity contribution >= 4 is 5.97 Å². The zero-order valence-corrected chi connectivity index (χ0v) is 11.3. The molecule has 3 nitrogen and oxygen atoms in total. The average molecular weight is 271 g/mol. The van der Waals surface area contributed by atoms with Crippen LogP contribution in [0.3, 0.4) is 0 Å². The molecule has 0 heterocycles. The predicted molar refractivity (Wildman–Crippen MR) is 68.6 cm³/mol. The lowest BCUT2D eigenvalue weighted by atomic mass is 10.2. The Hall–Kier alpha value is -1.49. The van der Waals surface area contributed by atoms with Gasteiger partial charge in [-0.15, -0.1) is 0 Å². The van der Waals surface area contributed by atoms with Gasteiger partial charge in [-0.05, 0) is 37.6 Å². The maximum absolute atomic E-state index is 13.1. The molecule has 0 unspecified atom stereocenters. The van der Waals surface area contributed by atoms with Crippen LogP contribution in [0.4, 0.5) is 8.78 Å². The summed E-state index contributed by atoms with van der Waals surface area (Å²) in [5.41, 5.74) is 0.636. The lowest BCUT2D eigenvalue weighted by Gasteiger charge is -2.20. The summed E-state index contributed by atoms with van der Waals surface area (Å²) in [7, 11) is 0. The van der Waals surface area contributed by atoms with E-state index >= 15 is 0 Å². The Morgan fingerprint density at radius 2 is 2.00 bits per heavy atom. The van der Waals surface area contributed by atoms with Crippen LogP contribution in [0.1, 0.15) is 25.8 Å². The van der Waals surface area contributed by atoms with Crippen LogP contribution in [0.5, 0.6) is 0 Å². The van der Waals surface area contributed by atoms with Gasteiger partial charge in [0.25, 0.3) is 0 Å². The van der Waals surface area contributed by atoms with E-state index in [1.807, 2.05) is 11.8 Å². The van der Waals surface area contributed by atoms with E-state index in [1.54, 1.807) is 6.92 Å². The van der Waals surface area contributed by atoms with Gasteiger partial charge in [0, 0.05) is 6.54 Å². The standard InChI is InChI=1S/C14H19F2NO2/c1-3-7-17(10-14(18)19-4-2)9-11-5-6-12(15)13(16)8-11/h5-6,8H,3-4,7,9-10H2,1-2H3. The Labute approximate surface area is 112 Å². The molecule has 1 rings (SSSR count). The van der Waals surface area contributed by atoms with Gasteiger partial charge in [0.2, 0.25) is 0 Å². The molecule has 0 bridgehead atoms. The SMILES string of the molecule is CCCN(CC(=O)OCC)Cc1ccc(F)c(F)c1. The molecule has 19 heavy (non-hydrogen) atoms. The molecule has 0 aromatic heterocycles. The Morgan fingerprint density at radius 3 is 2.58 bits per heavy atom. The van der Waals surface area contributed by atoms with Gasteiger partial charge < -0.3 is 4.74 Å². The molecular formula is C14H19F2NO2. The van der Waals surface area contributed by atoms with Crippen LogP contribution < -0.4 is 0 Å². The molecular weight excluding hydrogens is 252 g/mol. The number of hydrogen-bond acceptors (Lipinski definition) is 3. The first-order valence-electron chi connectivity index (χ1n) is 6.38. The minimum atomic E-state index is -0.870. The largest absolute Gasteiger partial charge is 0.465 e. The van der Waals surface area contributed by atoms with Crippen molar-refractivity contribution in [1.82, 2.24) is 4.90 Å². The zero-order chi connectivity index (χ0) is 14.3. The number of carbonyl (C=O) groups excluding carboxylic acids is 1. The fourth-order valence-corrected chi connectivity index (χ4v) is 1.82. The Kier molecular flexibility index (Phi) is 6.42. The van der Waals surface area contributed by atoms with Gasteiger partial charge >= 0.3 is 5.97 Å². The summed E-state index contributed by atoms with van der Waals surface area (Å²) < 4.78 is 30.8. The summed E-state index contributed by atoms with van der Waals surface area (Å²) in [6.07, 6.45) is 0.864. The molecule has 0 spiro atoms. The molecule has 0 N–H and O–H groups in total. The maximum Gasteiger partial charge on any atom is 0.320 e. The van der Waals surface area contributed by atoms with Gasteiger partial charge in [-0.2, -0.15) is 0 Å². The van der Waals surface area contributed by atoms with Gasteiger partial charge in [0.15, 0.2) is 11.6 Å². The minimum Gasteiger partial charge on any atom is -0.465 e. The molecule has 106 valence electrons. The Balaban J connectivity index is 2.66. The highest BCUT2D eigenvalue weighted by Crippen LogP contribution is 2.11. The van der Waals surface area contributed by atoms with Crippen LogP contribution in [0, 0.1) is 11.6 Å². The summed E-state index contributed by atoms with van der Waals surface area (Å²) in [5, 5.41) is 0. The number of hydrogen-bond donors (Lipinski definition) is 0. The molecule has 0 saturated carbocycles. The van der Waals surface area contributed by atoms with E-state index in [0.717, 1.165) is 18.6 Å². The molecule has 0 aliphatic carbocycles. The third-order valence-corrected chi connectivity index (χ3v) is 2.59. The fourth-order valence-electron chi connectivity index (χ4n) is 1.82. The second-order valence-corrected chi connectivity index (χ2v) is 4.26. The average Bonchev–Trinajstić information content (AvgIpc) is 2.34. The first-order valence-corrected chi connectivity index (χ1v) is 6.38. The summed E-state index contributed by atoms with van der Waals surface area (Å²) >= 11 is 0. The van der Waals surface area contributed by atoms with E-state index in [9.17, 15) is 13.6 Å². The van der Waals surface area contributed by atoms with E-state index in [-0.39, 0.29) is 12.5 Å². The molecule has 1 aromatic rings. The number of benzene rings is 1.